The fraction of sp³-hybridized carbons (Fsp3) is 0.353. The summed E-state index contributed by atoms with van der Waals surface area (Å²) in [5.41, 5.74) is 3.29. The fourth-order valence-corrected chi connectivity index (χ4v) is 3.80. The van der Waals surface area contributed by atoms with Gasteiger partial charge in [-0.25, -0.2) is 0 Å². The first kappa shape index (κ1) is 14.3. The third kappa shape index (κ3) is 3.34. The molecular weight excluding hydrogens is 282 g/mol. The smallest absolute Gasteiger partial charge is 0.261 e. The number of aryl methyl sites for hydroxylation is 2. The number of hydrogen-bond acceptors (Lipinski definition) is 3. The largest absolute Gasteiger partial charge is 0.392 e. The maximum Gasteiger partial charge on any atom is 0.261 e. The van der Waals surface area contributed by atoms with E-state index in [9.17, 15) is 4.79 Å². The molecule has 1 aromatic carbocycles. The van der Waals surface area contributed by atoms with Crippen molar-refractivity contribution in [3.63, 3.8) is 0 Å². The summed E-state index contributed by atoms with van der Waals surface area (Å²) in [6, 6.07) is 9.69. The number of carbonyl (C=O) groups is 1. The number of aliphatic hydroxyl groups excluding tert-OH is 1. The molecule has 0 bridgehead atoms. The van der Waals surface area contributed by atoms with Gasteiger partial charge in [0.05, 0.1) is 11.5 Å². The minimum absolute atomic E-state index is 0.0145. The molecule has 2 aromatic rings. The van der Waals surface area contributed by atoms with Gasteiger partial charge in [0.1, 0.15) is 0 Å². The predicted molar refractivity (Wildman–Crippen MR) is 84.5 cm³/mol. The van der Waals surface area contributed by atoms with Crippen LogP contribution in [-0.4, -0.2) is 11.0 Å². The SMILES string of the molecule is O=C(NCc1ccc(CO)cc1)c1cc2c(s1)CCCC2. The number of benzene rings is 1. The number of aliphatic hydroxyl groups is 1. The normalized spacial score (nSPS) is 13.8. The molecule has 0 saturated heterocycles. The quantitative estimate of drug-likeness (QED) is 0.912. The average Bonchev–Trinajstić information content (AvgIpc) is 2.97. The van der Waals surface area contributed by atoms with Crippen LogP contribution in [0.2, 0.25) is 0 Å². The number of hydrogen-bond donors (Lipinski definition) is 2. The van der Waals surface area contributed by atoms with E-state index in [0.717, 1.165) is 28.8 Å². The van der Waals surface area contributed by atoms with Gasteiger partial charge in [-0.05, 0) is 48.4 Å². The van der Waals surface area contributed by atoms with Crippen molar-refractivity contribution < 1.29 is 9.90 Å². The Hall–Kier alpha value is -1.65. The van der Waals surface area contributed by atoms with E-state index in [1.807, 2.05) is 24.3 Å². The van der Waals surface area contributed by atoms with Crippen LogP contribution in [0.25, 0.3) is 0 Å². The van der Waals surface area contributed by atoms with Gasteiger partial charge in [0.2, 0.25) is 0 Å². The van der Waals surface area contributed by atoms with E-state index >= 15 is 0 Å². The Bertz CT molecular complexity index is 607. The van der Waals surface area contributed by atoms with Crippen molar-refractivity contribution in [1.29, 1.82) is 0 Å². The van der Waals surface area contributed by atoms with Gasteiger partial charge in [0.15, 0.2) is 0 Å². The molecule has 2 N–H and O–H groups in total. The number of nitrogens with one attached hydrogen (secondary N) is 1. The average molecular weight is 301 g/mol. The van der Waals surface area contributed by atoms with Gasteiger partial charge in [0.25, 0.3) is 5.91 Å². The molecule has 3 rings (SSSR count). The molecule has 0 spiro atoms. The summed E-state index contributed by atoms with van der Waals surface area (Å²) < 4.78 is 0. The van der Waals surface area contributed by atoms with E-state index in [1.165, 1.54) is 23.3 Å². The molecule has 0 fully saturated rings. The standard InChI is InChI=1S/C17H19NO2S/c19-11-13-7-5-12(6-8-13)10-18-17(20)16-9-14-3-1-2-4-15(14)21-16/h5-9,19H,1-4,10-11H2,(H,18,20). The first-order valence-electron chi connectivity index (χ1n) is 7.35. The van der Waals surface area contributed by atoms with Crippen LogP contribution in [0.4, 0.5) is 0 Å². The molecule has 0 radical (unpaired) electrons. The maximum absolute atomic E-state index is 12.2. The molecule has 110 valence electrons. The van der Waals surface area contributed by atoms with Crippen LogP contribution in [0.5, 0.6) is 0 Å². The van der Waals surface area contributed by atoms with Crippen LogP contribution in [0.1, 0.15) is 44.1 Å². The molecule has 1 amide bonds. The van der Waals surface area contributed by atoms with Gasteiger partial charge in [-0.15, -0.1) is 11.3 Å². The van der Waals surface area contributed by atoms with E-state index in [1.54, 1.807) is 11.3 Å². The van der Waals surface area contributed by atoms with Crippen LogP contribution in [0.3, 0.4) is 0 Å². The third-order valence-corrected chi connectivity index (χ3v) is 5.11. The third-order valence-electron chi connectivity index (χ3n) is 3.88. The Kier molecular flexibility index (Phi) is 4.36. The molecule has 4 heteroatoms. The minimum atomic E-state index is 0.0145. The van der Waals surface area contributed by atoms with Crippen LogP contribution >= 0.6 is 11.3 Å². The van der Waals surface area contributed by atoms with Crippen molar-refractivity contribution in [1.82, 2.24) is 5.32 Å². The lowest BCUT2D eigenvalue weighted by Crippen LogP contribution is -2.21. The Morgan fingerprint density at radius 1 is 1.14 bits per heavy atom. The molecule has 0 aliphatic heterocycles. The van der Waals surface area contributed by atoms with Crippen LogP contribution < -0.4 is 5.32 Å². The van der Waals surface area contributed by atoms with Crippen LogP contribution in [0.15, 0.2) is 30.3 Å². The van der Waals surface area contributed by atoms with Gasteiger partial charge in [-0.2, -0.15) is 0 Å². The van der Waals surface area contributed by atoms with Crippen molar-refractivity contribution in [3.05, 3.63) is 56.8 Å². The molecule has 1 aromatic heterocycles. The molecule has 1 aliphatic rings. The Morgan fingerprint density at radius 2 is 1.86 bits per heavy atom. The summed E-state index contributed by atoms with van der Waals surface area (Å²) in [5, 5.41) is 12.0. The summed E-state index contributed by atoms with van der Waals surface area (Å²) in [6.45, 7) is 0.570. The Morgan fingerprint density at radius 3 is 2.57 bits per heavy atom. The zero-order valence-electron chi connectivity index (χ0n) is 11.9. The molecule has 21 heavy (non-hydrogen) atoms. The minimum Gasteiger partial charge on any atom is -0.392 e. The van der Waals surface area contributed by atoms with E-state index < -0.39 is 0 Å². The fourth-order valence-electron chi connectivity index (χ4n) is 2.63. The monoisotopic (exact) mass is 301 g/mol. The second kappa shape index (κ2) is 6.41. The van der Waals surface area contributed by atoms with E-state index in [4.69, 9.17) is 5.11 Å². The zero-order valence-corrected chi connectivity index (χ0v) is 12.7. The molecule has 3 nitrogen and oxygen atoms in total. The van der Waals surface area contributed by atoms with Crippen LogP contribution in [-0.2, 0) is 26.0 Å². The van der Waals surface area contributed by atoms with Crippen molar-refractivity contribution >= 4 is 17.2 Å². The number of amides is 1. The molecule has 1 heterocycles. The van der Waals surface area contributed by atoms with Crippen molar-refractivity contribution in [3.8, 4) is 0 Å². The Balaban J connectivity index is 1.61. The molecule has 1 aliphatic carbocycles. The summed E-state index contributed by atoms with van der Waals surface area (Å²) >= 11 is 1.64. The highest BCUT2D eigenvalue weighted by Crippen LogP contribution is 2.29. The van der Waals surface area contributed by atoms with Crippen molar-refractivity contribution in [2.24, 2.45) is 0 Å². The second-order valence-corrected chi connectivity index (χ2v) is 6.56. The highest BCUT2D eigenvalue weighted by Gasteiger charge is 2.16. The lowest BCUT2D eigenvalue weighted by molar-refractivity contribution is 0.0955. The molecular formula is C17H19NO2S. The van der Waals surface area contributed by atoms with Gasteiger partial charge in [-0.3, -0.25) is 4.79 Å². The molecule has 0 unspecified atom stereocenters. The van der Waals surface area contributed by atoms with Crippen LogP contribution in [0, 0.1) is 0 Å². The van der Waals surface area contributed by atoms with Crippen molar-refractivity contribution in [2.45, 2.75) is 38.8 Å². The van der Waals surface area contributed by atoms with Crippen molar-refractivity contribution in [2.75, 3.05) is 0 Å². The lowest BCUT2D eigenvalue weighted by atomic mass is 9.99. The number of carbonyl (C=O) groups excluding carboxylic acids is 1. The number of fused-ring (bicyclic) bond motifs is 1. The zero-order chi connectivity index (χ0) is 14.7. The number of thiophene rings is 1. The van der Waals surface area contributed by atoms with E-state index in [-0.39, 0.29) is 12.5 Å². The summed E-state index contributed by atoms with van der Waals surface area (Å²) in [6.07, 6.45) is 4.71. The van der Waals surface area contributed by atoms with Gasteiger partial charge in [0, 0.05) is 11.4 Å². The maximum atomic E-state index is 12.2. The first-order valence-corrected chi connectivity index (χ1v) is 8.16. The Labute approximate surface area is 128 Å². The summed E-state index contributed by atoms with van der Waals surface area (Å²) in [7, 11) is 0. The van der Waals surface area contributed by atoms with Gasteiger partial charge < -0.3 is 10.4 Å². The highest BCUT2D eigenvalue weighted by molar-refractivity contribution is 7.14. The summed E-state index contributed by atoms with van der Waals surface area (Å²) in [5.74, 6) is 0.0145. The number of rotatable bonds is 4. The van der Waals surface area contributed by atoms with E-state index in [0.29, 0.717) is 6.54 Å². The van der Waals surface area contributed by atoms with E-state index in [2.05, 4.69) is 11.4 Å². The first-order chi connectivity index (χ1) is 10.3. The predicted octanol–water partition coefficient (Wildman–Crippen LogP) is 3.05. The van der Waals surface area contributed by atoms with Gasteiger partial charge >= 0.3 is 0 Å². The molecule has 0 atom stereocenters. The molecule has 0 saturated carbocycles. The highest BCUT2D eigenvalue weighted by atomic mass is 32.1. The second-order valence-electron chi connectivity index (χ2n) is 5.42. The lowest BCUT2D eigenvalue weighted by Gasteiger charge is -2.08. The summed E-state index contributed by atoms with van der Waals surface area (Å²) in [4.78, 5) is 14.4. The topological polar surface area (TPSA) is 49.3 Å². The van der Waals surface area contributed by atoms with Gasteiger partial charge in [-0.1, -0.05) is 24.3 Å².